The molecule has 0 bridgehead atoms. The maximum Gasteiger partial charge on any atom is 0.255 e. The van der Waals surface area contributed by atoms with E-state index >= 15 is 0 Å². The lowest BCUT2D eigenvalue weighted by atomic mass is 9.95. The van der Waals surface area contributed by atoms with Crippen LogP contribution in [0.25, 0.3) is 0 Å². The third kappa shape index (κ3) is 5.24. The number of benzene rings is 3. The average Bonchev–Trinajstić information content (AvgIpc) is 3.30. The Morgan fingerprint density at radius 2 is 1.84 bits per heavy atom. The fourth-order valence-electron chi connectivity index (χ4n) is 4.43. The third-order valence-corrected chi connectivity index (χ3v) is 7.26. The van der Waals surface area contributed by atoms with E-state index in [1.165, 1.54) is 11.1 Å². The van der Waals surface area contributed by atoms with Crippen molar-refractivity contribution in [1.82, 2.24) is 14.8 Å². The molecule has 4 aromatic rings. The number of anilines is 2. The summed E-state index contributed by atoms with van der Waals surface area (Å²) >= 11 is 1.57. The summed E-state index contributed by atoms with van der Waals surface area (Å²) in [6.07, 6.45) is 0. The SMILES string of the molecule is COc1ccc(C2C(C(=O)Nc3ccccc3C)=C(C)Nc3nc(SCc4cccc(C)c4)nn32)cc1. The molecule has 0 aliphatic carbocycles. The number of amides is 1. The summed E-state index contributed by atoms with van der Waals surface area (Å²) in [7, 11) is 1.64. The first-order valence-electron chi connectivity index (χ1n) is 12.1. The molecule has 1 aromatic heterocycles. The van der Waals surface area contributed by atoms with Gasteiger partial charge in [-0.3, -0.25) is 4.79 Å². The molecule has 1 aliphatic heterocycles. The Morgan fingerprint density at radius 3 is 2.57 bits per heavy atom. The molecule has 2 heterocycles. The fraction of sp³-hybridized carbons (Fsp3) is 0.207. The van der Waals surface area contributed by atoms with Gasteiger partial charge in [-0.15, -0.1) is 5.10 Å². The Balaban J connectivity index is 1.50. The van der Waals surface area contributed by atoms with Crippen LogP contribution in [0.1, 0.15) is 35.2 Å². The lowest BCUT2D eigenvalue weighted by Gasteiger charge is -2.29. The summed E-state index contributed by atoms with van der Waals surface area (Å²) in [6.45, 7) is 5.97. The highest BCUT2D eigenvalue weighted by molar-refractivity contribution is 7.98. The number of hydrogen-bond acceptors (Lipinski definition) is 6. The van der Waals surface area contributed by atoms with Gasteiger partial charge in [0.25, 0.3) is 5.91 Å². The lowest BCUT2D eigenvalue weighted by molar-refractivity contribution is -0.113. The van der Waals surface area contributed by atoms with Gasteiger partial charge in [-0.25, -0.2) is 4.68 Å². The van der Waals surface area contributed by atoms with Crippen molar-refractivity contribution in [3.8, 4) is 5.75 Å². The number of carbonyl (C=O) groups excluding carboxylic acids is 1. The molecule has 2 N–H and O–H groups in total. The molecule has 1 amide bonds. The first kappa shape index (κ1) is 24.6. The Bertz CT molecular complexity index is 1480. The number of aryl methyl sites for hydroxylation is 2. The van der Waals surface area contributed by atoms with Gasteiger partial charge in [0.05, 0.1) is 12.7 Å². The van der Waals surface area contributed by atoms with Crippen molar-refractivity contribution in [3.05, 3.63) is 106 Å². The molecule has 1 unspecified atom stereocenters. The summed E-state index contributed by atoms with van der Waals surface area (Å²) in [6, 6.07) is 23.4. The van der Waals surface area contributed by atoms with Gasteiger partial charge in [0.15, 0.2) is 0 Å². The van der Waals surface area contributed by atoms with E-state index in [0.29, 0.717) is 16.7 Å². The second-order valence-electron chi connectivity index (χ2n) is 9.05. The van der Waals surface area contributed by atoms with E-state index in [9.17, 15) is 4.79 Å². The Hall–Kier alpha value is -4.04. The van der Waals surface area contributed by atoms with Crippen LogP contribution in [0.3, 0.4) is 0 Å². The van der Waals surface area contributed by atoms with E-state index in [1.807, 2.05) is 62.4 Å². The van der Waals surface area contributed by atoms with Crippen LogP contribution in [-0.4, -0.2) is 27.8 Å². The number of methoxy groups -OCH3 is 1. The number of hydrogen-bond donors (Lipinski definition) is 2. The van der Waals surface area contributed by atoms with Crippen LogP contribution in [0.2, 0.25) is 0 Å². The molecule has 8 heteroatoms. The quantitative estimate of drug-likeness (QED) is 0.291. The van der Waals surface area contributed by atoms with E-state index in [2.05, 4.69) is 41.8 Å². The molecule has 3 aromatic carbocycles. The molecule has 0 radical (unpaired) electrons. The van der Waals surface area contributed by atoms with Crippen molar-refractivity contribution < 1.29 is 9.53 Å². The second-order valence-corrected chi connectivity index (χ2v) is 9.99. The number of allylic oxidation sites excluding steroid dienone is 1. The van der Waals surface area contributed by atoms with E-state index in [0.717, 1.165) is 34.0 Å². The zero-order valence-corrected chi connectivity index (χ0v) is 22.1. The normalized spacial score (nSPS) is 14.6. The van der Waals surface area contributed by atoms with Crippen LogP contribution in [0.5, 0.6) is 5.75 Å². The molecular formula is C29H29N5O2S. The van der Waals surface area contributed by atoms with Crippen LogP contribution in [0.15, 0.2) is 89.2 Å². The maximum absolute atomic E-state index is 13.7. The summed E-state index contributed by atoms with van der Waals surface area (Å²) in [5, 5.41) is 11.9. The Kier molecular flexibility index (Phi) is 7.01. The number of ether oxygens (including phenoxy) is 1. The lowest BCUT2D eigenvalue weighted by Crippen LogP contribution is -2.31. The predicted molar refractivity (Wildman–Crippen MR) is 148 cm³/mol. The molecule has 0 spiro atoms. The highest BCUT2D eigenvalue weighted by atomic mass is 32.2. The third-order valence-electron chi connectivity index (χ3n) is 6.35. The number of thioether (sulfide) groups is 1. The van der Waals surface area contributed by atoms with Crippen LogP contribution in [0.4, 0.5) is 11.6 Å². The number of aromatic nitrogens is 3. The Labute approximate surface area is 221 Å². The highest BCUT2D eigenvalue weighted by Crippen LogP contribution is 2.37. The summed E-state index contributed by atoms with van der Waals surface area (Å²) < 4.78 is 7.16. The minimum Gasteiger partial charge on any atom is -0.497 e. The summed E-state index contributed by atoms with van der Waals surface area (Å²) in [5.41, 5.74) is 6.45. The van der Waals surface area contributed by atoms with Crippen molar-refractivity contribution in [3.63, 3.8) is 0 Å². The average molecular weight is 512 g/mol. The molecule has 0 fully saturated rings. The minimum atomic E-state index is -0.452. The molecule has 37 heavy (non-hydrogen) atoms. The highest BCUT2D eigenvalue weighted by Gasteiger charge is 2.34. The van der Waals surface area contributed by atoms with Crippen LogP contribution in [-0.2, 0) is 10.5 Å². The smallest absolute Gasteiger partial charge is 0.255 e. The molecule has 0 saturated heterocycles. The van der Waals surface area contributed by atoms with Gasteiger partial charge in [0.2, 0.25) is 11.1 Å². The monoisotopic (exact) mass is 511 g/mol. The molecule has 188 valence electrons. The van der Waals surface area contributed by atoms with E-state index in [4.69, 9.17) is 14.8 Å². The van der Waals surface area contributed by atoms with E-state index in [1.54, 1.807) is 23.6 Å². The second kappa shape index (κ2) is 10.5. The van der Waals surface area contributed by atoms with Gasteiger partial charge in [0, 0.05) is 17.1 Å². The maximum atomic E-state index is 13.7. The first-order valence-corrected chi connectivity index (χ1v) is 13.0. The zero-order chi connectivity index (χ0) is 25.9. The molecular weight excluding hydrogens is 482 g/mol. The first-order chi connectivity index (χ1) is 17.9. The van der Waals surface area contributed by atoms with Crippen LogP contribution < -0.4 is 15.4 Å². The number of nitrogens with one attached hydrogen (secondary N) is 2. The van der Waals surface area contributed by atoms with Gasteiger partial charge in [-0.2, -0.15) is 4.98 Å². The van der Waals surface area contributed by atoms with E-state index in [-0.39, 0.29) is 5.91 Å². The predicted octanol–water partition coefficient (Wildman–Crippen LogP) is 6.12. The topological polar surface area (TPSA) is 81.1 Å². The minimum absolute atomic E-state index is 0.185. The fourth-order valence-corrected chi connectivity index (χ4v) is 5.21. The van der Waals surface area contributed by atoms with Crippen LogP contribution in [0, 0.1) is 13.8 Å². The molecule has 1 atom stereocenters. The standard InChI is InChI=1S/C29H29N5O2S/c1-18-8-7-10-21(16-18)17-37-29-32-28-30-20(3)25(27(35)31-24-11-6-5-9-19(24)2)26(34(28)33-29)22-12-14-23(36-4)15-13-22/h5-16,26H,17H2,1-4H3,(H,31,35)(H,30,32,33). The van der Waals surface area contributed by atoms with Crippen molar-refractivity contribution in [2.45, 2.75) is 37.7 Å². The number of carbonyl (C=O) groups is 1. The molecule has 7 nitrogen and oxygen atoms in total. The van der Waals surface area contributed by atoms with Gasteiger partial charge in [-0.1, -0.05) is 71.9 Å². The van der Waals surface area contributed by atoms with Gasteiger partial charge in [0.1, 0.15) is 11.8 Å². The molecule has 1 aliphatic rings. The van der Waals surface area contributed by atoms with Crippen LogP contribution >= 0.6 is 11.8 Å². The largest absolute Gasteiger partial charge is 0.497 e. The number of para-hydroxylation sites is 1. The molecule has 0 saturated carbocycles. The van der Waals surface area contributed by atoms with E-state index < -0.39 is 6.04 Å². The number of rotatable bonds is 7. The van der Waals surface area contributed by atoms with Gasteiger partial charge < -0.3 is 15.4 Å². The van der Waals surface area contributed by atoms with Crippen molar-refractivity contribution in [1.29, 1.82) is 0 Å². The summed E-state index contributed by atoms with van der Waals surface area (Å²) in [5.74, 6) is 1.93. The van der Waals surface area contributed by atoms with Crippen molar-refractivity contribution in [2.75, 3.05) is 17.7 Å². The van der Waals surface area contributed by atoms with Gasteiger partial charge >= 0.3 is 0 Å². The Morgan fingerprint density at radius 1 is 1.05 bits per heavy atom. The zero-order valence-electron chi connectivity index (χ0n) is 21.3. The van der Waals surface area contributed by atoms with Crippen molar-refractivity contribution in [2.24, 2.45) is 0 Å². The number of fused-ring (bicyclic) bond motifs is 1. The van der Waals surface area contributed by atoms with Gasteiger partial charge in [-0.05, 0) is 55.7 Å². The number of nitrogens with zero attached hydrogens (tertiary/aromatic N) is 3. The molecule has 5 rings (SSSR count). The summed E-state index contributed by atoms with van der Waals surface area (Å²) in [4.78, 5) is 18.4. The van der Waals surface area contributed by atoms with Crippen molar-refractivity contribution >= 4 is 29.3 Å².